The third-order valence-electron chi connectivity index (χ3n) is 6.39. The van der Waals surface area contributed by atoms with Crippen LogP contribution in [0.4, 0.5) is 5.69 Å². The molecule has 4 aromatic heterocycles. The molecule has 0 bridgehead atoms. The van der Waals surface area contributed by atoms with Crippen LogP contribution in [0.25, 0.3) is 26.5 Å². The smallest absolute Gasteiger partial charge is 0.253 e. The van der Waals surface area contributed by atoms with Crippen LogP contribution in [0, 0.1) is 12.3 Å². The summed E-state index contributed by atoms with van der Waals surface area (Å²) in [6.07, 6.45) is 6.49. The molecule has 0 unspecified atom stereocenters. The molecule has 1 aliphatic rings. The Hall–Kier alpha value is -4.10. The number of nitrogens with one attached hydrogen (secondary N) is 2. The first kappa shape index (κ1) is 25.5. The van der Waals surface area contributed by atoms with Gasteiger partial charge in [-0.25, -0.2) is 4.52 Å². The number of fused-ring (bicyclic) bond motifs is 1. The fraction of sp³-hybridized carbons (Fsp3) is 0.360. The molecule has 1 saturated heterocycles. The molecule has 198 valence electrons. The Morgan fingerprint density at radius 1 is 1.11 bits per heavy atom. The van der Waals surface area contributed by atoms with E-state index in [9.17, 15) is 14.4 Å². The maximum absolute atomic E-state index is 12.7. The molecule has 13 heteroatoms. The number of aryl methyl sites for hydroxylation is 1. The molecule has 0 aliphatic carbocycles. The molecule has 1 aliphatic heterocycles. The summed E-state index contributed by atoms with van der Waals surface area (Å²) in [5.41, 5.74) is 9.56. The van der Waals surface area contributed by atoms with Crippen molar-refractivity contribution < 1.29 is 14.4 Å². The number of carbonyl (C=O) groups excluding carboxylic acids is 3. The zero-order valence-electron chi connectivity index (χ0n) is 21.6. The van der Waals surface area contributed by atoms with E-state index in [1.54, 1.807) is 30.2 Å². The third kappa shape index (κ3) is 4.89. The van der Waals surface area contributed by atoms with Crippen LogP contribution in [0.15, 0.2) is 30.9 Å². The standard InChI is InChI=1S/C25H29N9O3S/c1-14-17(5-16(7-28-14)31-20(36)10-32-12-25(2,3)13-32)21-22(15-6-29-33(9-15)11-19(35)27-4)38-24-18(23(26)37)8-30-34(21)24/h5-9H,10-13H2,1-4H3,(H2,26,37)(H,27,35)(H,31,36). The SMILES string of the molecule is CNC(=O)Cn1cc(-c2sc3c(C(N)=O)cnn3c2-c2cc(NC(=O)CN3CC(C)(C)C3)cnc2C)cn1. The molecule has 12 nitrogen and oxygen atoms in total. The highest BCUT2D eigenvalue weighted by Gasteiger charge is 2.34. The van der Waals surface area contributed by atoms with Gasteiger partial charge in [0.15, 0.2) is 0 Å². The van der Waals surface area contributed by atoms with Crippen molar-refractivity contribution in [1.82, 2.24) is 34.6 Å². The number of likely N-dealkylation sites (tertiary alicyclic amines) is 1. The molecule has 0 saturated carbocycles. The Labute approximate surface area is 222 Å². The molecule has 4 N–H and O–H groups in total. The minimum absolute atomic E-state index is 0.0666. The zero-order valence-corrected chi connectivity index (χ0v) is 22.4. The van der Waals surface area contributed by atoms with Crippen molar-refractivity contribution in [2.24, 2.45) is 11.1 Å². The van der Waals surface area contributed by atoms with Crippen molar-refractivity contribution in [1.29, 1.82) is 0 Å². The van der Waals surface area contributed by atoms with Crippen LogP contribution in [0.5, 0.6) is 0 Å². The number of amides is 3. The lowest BCUT2D eigenvalue weighted by molar-refractivity contribution is -0.121. The number of pyridine rings is 1. The number of likely N-dealkylation sites (N-methyl/N-ethyl adjacent to an activating group) is 1. The molecule has 1 fully saturated rings. The summed E-state index contributed by atoms with van der Waals surface area (Å²) in [5, 5.41) is 14.3. The predicted octanol–water partition coefficient (Wildman–Crippen LogP) is 1.75. The van der Waals surface area contributed by atoms with E-state index in [0.717, 1.165) is 29.1 Å². The van der Waals surface area contributed by atoms with Gasteiger partial charge in [-0.05, 0) is 18.4 Å². The molecule has 3 amide bonds. The zero-order chi connectivity index (χ0) is 27.2. The van der Waals surface area contributed by atoms with Crippen molar-refractivity contribution in [3.05, 3.63) is 42.1 Å². The van der Waals surface area contributed by atoms with Crippen LogP contribution < -0.4 is 16.4 Å². The average Bonchev–Trinajstić information content (AvgIpc) is 3.54. The van der Waals surface area contributed by atoms with E-state index in [0.29, 0.717) is 34.0 Å². The first-order valence-electron chi connectivity index (χ1n) is 12.1. The molecular weight excluding hydrogens is 506 g/mol. The number of thiazole rings is 1. The van der Waals surface area contributed by atoms with Gasteiger partial charge in [0, 0.05) is 43.2 Å². The molecule has 5 heterocycles. The number of nitrogens with zero attached hydrogens (tertiary/aromatic N) is 6. The van der Waals surface area contributed by atoms with E-state index in [1.165, 1.54) is 22.2 Å². The van der Waals surface area contributed by atoms with Crippen LogP contribution >= 0.6 is 11.3 Å². The summed E-state index contributed by atoms with van der Waals surface area (Å²) in [4.78, 5) is 44.6. The van der Waals surface area contributed by atoms with Gasteiger partial charge < -0.3 is 16.4 Å². The van der Waals surface area contributed by atoms with E-state index in [2.05, 4.69) is 44.6 Å². The van der Waals surface area contributed by atoms with E-state index in [1.807, 2.05) is 13.0 Å². The van der Waals surface area contributed by atoms with Crippen molar-refractivity contribution >= 4 is 39.6 Å². The molecule has 0 atom stereocenters. The highest BCUT2D eigenvalue weighted by Crippen LogP contribution is 2.41. The van der Waals surface area contributed by atoms with Gasteiger partial charge in [-0.15, -0.1) is 11.3 Å². The van der Waals surface area contributed by atoms with Crippen LogP contribution in [-0.4, -0.2) is 73.7 Å². The Bertz CT molecular complexity index is 1560. The molecule has 5 rings (SSSR count). The number of aromatic nitrogens is 5. The first-order chi connectivity index (χ1) is 18.0. The van der Waals surface area contributed by atoms with Gasteiger partial charge in [0.2, 0.25) is 11.8 Å². The predicted molar refractivity (Wildman–Crippen MR) is 144 cm³/mol. The van der Waals surface area contributed by atoms with Crippen molar-refractivity contribution in [3.8, 4) is 21.7 Å². The number of rotatable bonds is 8. The largest absolute Gasteiger partial charge is 0.365 e. The Morgan fingerprint density at radius 2 is 1.87 bits per heavy atom. The van der Waals surface area contributed by atoms with Gasteiger partial charge in [0.25, 0.3) is 5.91 Å². The van der Waals surface area contributed by atoms with E-state index in [4.69, 9.17) is 5.73 Å². The summed E-state index contributed by atoms with van der Waals surface area (Å²) < 4.78 is 3.20. The third-order valence-corrected chi connectivity index (χ3v) is 7.61. The monoisotopic (exact) mass is 535 g/mol. The van der Waals surface area contributed by atoms with Gasteiger partial charge in [0.1, 0.15) is 11.4 Å². The molecular formula is C25H29N9O3S. The number of anilines is 1. The average molecular weight is 536 g/mol. The van der Waals surface area contributed by atoms with Crippen LogP contribution in [0.1, 0.15) is 29.9 Å². The quantitative estimate of drug-likeness (QED) is 0.311. The second kappa shape index (κ2) is 9.65. The van der Waals surface area contributed by atoms with Gasteiger partial charge in [-0.1, -0.05) is 13.8 Å². The fourth-order valence-electron chi connectivity index (χ4n) is 4.75. The van der Waals surface area contributed by atoms with E-state index >= 15 is 0 Å². The molecule has 0 radical (unpaired) electrons. The van der Waals surface area contributed by atoms with E-state index < -0.39 is 5.91 Å². The van der Waals surface area contributed by atoms with Crippen LogP contribution in [0.2, 0.25) is 0 Å². The molecule has 4 aromatic rings. The maximum atomic E-state index is 12.7. The summed E-state index contributed by atoms with van der Waals surface area (Å²) >= 11 is 1.34. The number of primary amides is 1. The van der Waals surface area contributed by atoms with E-state index in [-0.39, 0.29) is 23.8 Å². The second-order valence-corrected chi connectivity index (χ2v) is 11.2. The minimum Gasteiger partial charge on any atom is -0.365 e. The van der Waals surface area contributed by atoms with Gasteiger partial charge >= 0.3 is 0 Å². The second-order valence-electron chi connectivity index (χ2n) is 10.2. The highest BCUT2D eigenvalue weighted by molar-refractivity contribution is 7.21. The summed E-state index contributed by atoms with van der Waals surface area (Å²) in [7, 11) is 1.57. The Balaban J connectivity index is 1.53. The lowest BCUT2D eigenvalue weighted by Gasteiger charge is -2.45. The van der Waals surface area contributed by atoms with Crippen molar-refractivity contribution in [2.75, 3.05) is 32.0 Å². The summed E-state index contributed by atoms with van der Waals surface area (Å²) in [6.45, 7) is 8.36. The van der Waals surface area contributed by atoms with Crippen LogP contribution in [-0.2, 0) is 16.1 Å². The summed E-state index contributed by atoms with van der Waals surface area (Å²) in [6, 6.07) is 1.85. The number of hydrogen-bond acceptors (Lipinski definition) is 8. The Morgan fingerprint density at radius 3 is 2.55 bits per heavy atom. The van der Waals surface area contributed by atoms with Gasteiger partial charge in [-0.2, -0.15) is 10.2 Å². The molecule has 38 heavy (non-hydrogen) atoms. The number of carbonyl (C=O) groups is 3. The first-order valence-corrected chi connectivity index (χ1v) is 12.9. The topological polar surface area (TPSA) is 153 Å². The number of nitrogens with two attached hydrogens (primary N) is 1. The Kier molecular flexibility index (Phi) is 6.49. The lowest BCUT2D eigenvalue weighted by Crippen LogP contribution is -2.54. The van der Waals surface area contributed by atoms with Crippen LogP contribution in [0.3, 0.4) is 0 Å². The molecule has 0 spiro atoms. The summed E-state index contributed by atoms with van der Waals surface area (Å²) in [5.74, 6) is -0.875. The molecule has 0 aromatic carbocycles. The maximum Gasteiger partial charge on any atom is 0.253 e. The van der Waals surface area contributed by atoms with Crippen molar-refractivity contribution in [2.45, 2.75) is 27.3 Å². The van der Waals surface area contributed by atoms with Crippen molar-refractivity contribution in [3.63, 3.8) is 0 Å². The minimum atomic E-state index is -0.584. The highest BCUT2D eigenvalue weighted by atomic mass is 32.1. The fourth-order valence-corrected chi connectivity index (χ4v) is 5.95. The normalized spacial score (nSPS) is 14.8. The number of hydrogen-bond donors (Lipinski definition) is 3. The van der Waals surface area contributed by atoms with Gasteiger partial charge in [0.05, 0.1) is 47.0 Å². The lowest BCUT2D eigenvalue weighted by atomic mass is 9.84. The van der Waals surface area contributed by atoms with Gasteiger partial charge in [-0.3, -0.25) is 28.9 Å².